The highest BCUT2D eigenvalue weighted by molar-refractivity contribution is 7.92. The smallest absolute Gasteiger partial charge is 0.264 e. The number of carbonyl (C=O) groups excluding carboxylic acids is 1. The summed E-state index contributed by atoms with van der Waals surface area (Å²) in [5, 5.41) is 3.10. The van der Waals surface area contributed by atoms with E-state index >= 15 is 0 Å². The number of carbonyl (C=O) groups is 1. The first kappa shape index (κ1) is 20.7. The molecule has 160 valence electrons. The van der Waals surface area contributed by atoms with Gasteiger partial charge in [0.2, 0.25) is 5.91 Å². The molecule has 0 aromatic heterocycles. The molecule has 0 spiro atoms. The zero-order valence-electron chi connectivity index (χ0n) is 17.2. The molecule has 2 aliphatic carbocycles. The van der Waals surface area contributed by atoms with E-state index in [0.717, 1.165) is 17.1 Å². The van der Waals surface area contributed by atoms with Crippen LogP contribution in [0.25, 0.3) is 0 Å². The number of anilines is 1. The fourth-order valence-electron chi connectivity index (χ4n) is 4.76. The fraction of sp³-hybridized carbons (Fsp3) is 0.435. The third-order valence-electron chi connectivity index (χ3n) is 6.14. The van der Waals surface area contributed by atoms with E-state index < -0.39 is 10.0 Å². The molecule has 2 aromatic carbocycles. The third kappa shape index (κ3) is 4.17. The number of benzene rings is 2. The van der Waals surface area contributed by atoms with Crippen molar-refractivity contribution < 1.29 is 17.9 Å². The van der Waals surface area contributed by atoms with E-state index in [1.807, 2.05) is 6.92 Å². The second-order valence-corrected chi connectivity index (χ2v) is 9.94. The van der Waals surface area contributed by atoms with Crippen LogP contribution in [0.4, 0.5) is 5.69 Å². The molecule has 7 heteroatoms. The number of amides is 1. The topological polar surface area (TPSA) is 75.7 Å². The fourth-order valence-corrected chi connectivity index (χ4v) is 6.22. The molecule has 1 amide bonds. The molecule has 1 N–H and O–H groups in total. The van der Waals surface area contributed by atoms with Gasteiger partial charge < -0.3 is 10.1 Å². The van der Waals surface area contributed by atoms with Gasteiger partial charge in [-0.05, 0) is 62.3 Å². The summed E-state index contributed by atoms with van der Waals surface area (Å²) in [4.78, 5) is 13.1. The van der Waals surface area contributed by atoms with Gasteiger partial charge in [-0.15, -0.1) is 0 Å². The van der Waals surface area contributed by atoms with E-state index in [1.165, 1.54) is 12.8 Å². The van der Waals surface area contributed by atoms with Gasteiger partial charge in [0, 0.05) is 6.04 Å². The Labute approximate surface area is 178 Å². The first-order valence-corrected chi connectivity index (χ1v) is 12.0. The molecule has 0 heterocycles. The summed E-state index contributed by atoms with van der Waals surface area (Å²) in [5.41, 5.74) is 0.367. The van der Waals surface area contributed by atoms with E-state index in [-0.39, 0.29) is 23.4 Å². The molecule has 3 atom stereocenters. The van der Waals surface area contributed by atoms with Crippen LogP contribution in [0.3, 0.4) is 0 Å². The zero-order valence-corrected chi connectivity index (χ0v) is 18.0. The van der Waals surface area contributed by atoms with Gasteiger partial charge in [-0.2, -0.15) is 0 Å². The first-order chi connectivity index (χ1) is 14.5. The summed E-state index contributed by atoms with van der Waals surface area (Å²) < 4.78 is 33.8. The highest BCUT2D eigenvalue weighted by atomic mass is 32.2. The second-order valence-electron chi connectivity index (χ2n) is 8.07. The van der Waals surface area contributed by atoms with Crippen LogP contribution in [-0.4, -0.2) is 33.5 Å². The van der Waals surface area contributed by atoms with Crippen LogP contribution in [-0.2, 0) is 14.8 Å². The van der Waals surface area contributed by atoms with Gasteiger partial charge in [-0.1, -0.05) is 36.8 Å². The number of nitrogens with zero attached hydrogens (tertiary/aromatic N) is 1. The van der Waals surface area contributed by atoms with Gasteiger partial charge in [0.1, 0.15) is 12.3 Å². The molecule has 0 radical (unpaired) electrons. The van der Waals surface area contributed by atoms with E-state index in [4.69, 9.17) is 4.74 Å². The maximum atomic E-state index is 13.5. The van der Waals surface area contributed by atoms with Crippen LogP contribution >= 0.6 is 0 Å². The van der Waals surface area contributed by atoms with Gasteiger partial charge in [0.15, 0.2) is 0 Å². The number of nitrogens with one attached hydrogen (secondary N) is 1. The minimum Gasteiger partial charge on any atom is -0.492 e. The molecular weight excluding hydrogens is 400 g/mol. The quantitative estimate of drug-likeness (QED) is 0.697. The van der Waals surface area contributed by atoms with E-state index in [9.17, 15) is 13.2 Å². The number of fused-ring (bicyclic) bond motifs is 2. The minimum atomic E-state index is -3.94. The lowest BCUT2D eigenvalue weighted by molar-refractivity contribution is -0.120. The number of para-hydroxylation sites is 2. The average Bonchev–Trinajstić information content (AvgIpc) is 3.37. The highest BCUT2D eigenvalue weighted by Gasteiger charge is 2.40. The number of rotatable bonds is 8. The predicted molar refractivity (Wildman–Crippen MR) is 116 cm³/mol. The highest BCUT2D eigenvalue weighted by Crippen LogP contribution is 2.44. The normalized spacial score (nSPS) is 22.6. The second kappa shape index (κ2) is 8.68. The first-order valence-electron chi connectivity index (χ1n) is 10.6. The molecular formula is C23H28N2O4S. The molecule has 2 bridgehead atoms. The molecule has 0 aliphatic heterocycles. The molecule has 0 unspecified atom stereocenters. The van der Waals surface area contributed by atoms with Crippen molar-refractivity contribution in [2.45, 2.75) is 43.5 Å². The van der Waals surface area contributed by atoms with E-state index in [0.29, 0.717) is 29.9 Å². The van der Waals surface area contributed by atoms with Gasteiger partial charge >= 0.3 is 0 Å². The Bertz CT molecular complexity index is 993. The molecule has 2 saturated carbocycles. The molecule has 6 nitrogen and oxygen atoms in total. The van der Waals surface area contributed by atoms with Crippen molar-refractivity contribution in [2.75, 3.05) is 17.5 Å². The predicted octanol–water partition coefficient (Wildman–Crippen LogP) is 3.59. The van der Waals surface area contributed by atoms with Gasteiger partial charge in [-0.3, -0.25) is 9.10 Å². The van der Waals surface area contributed by atoms with Crippen molar-refractivity contribution in [1.29, 1.82) is 0 Å². The Balaban J connectivity index is 1.63. The number of sulfonamides is 1. The van der Waals surface area contributed by atoms with Gasteiger partial charge in [-0.25, -0.2) is 8.42 Å². The number of hydrogen-bond donors (Lipinski definition) is 1. The Morgan fingerprint density at radius 1 is 1.07 bits per heavy atom. The number of ether oxygens (including phenoxy) is 1. The van der Waals surface area contributed by atoms with Crippen LogP contribution in [0.5, 0.6) is 5.75 Å². The number of hydrogen-bond acceptors (Lipinski definition) is 4. The third-order valence-corrected chi connectivity index (χ3v) is 7.91. The maximum Gasteiger partial charge on any atom is 0.264 e. The Hall–Kier alpha value is -2.54. The summed E-state index contributed by atoms with van der Waals surface area (Å²) >= 11 is 0. The van der Waals surface area contributed by atoms with E-state index in [2.05, 4.69) is 5.32 Å². The molecule has 2 aromatic rings. The Morgan fingerprint density at radius 3 is 2.47 bits per heavy atom. The summed E-state index contributed by atoms with van der Waals surface area (Å²) in [7, 11) is -3.94. The lowest BCUT2D eigenvalue weighted by atomic mass is 9.95. The van der Waals surface area contributed by atoms with Crippen molar-refractivity contribution in [2.24, 2.45) is 11.8 Å². The van der Waals surface area contributed by atoms with Crippen LogP contribution in [0.1, 0.15) is 32.6 Å². The molecule has 2 fully saturated rings. The van der Waals surface area contributed by atoms with Crippen molar-refractivity contribution in [1.82, 2.24) is 5.32 Å². The summed E-state index contributed by atoms with van der Waals surface area (Å²) in [6.45, 7) is 1.96. The zero-order chi connectivity index (χ0) is 21.1. The van der Waals surface area contributed by atoms with Crippen LogP contribution in [0.15, 0.2) is 59.5 Å². The van der Waals surface area contributed by atoms with Crippen LogP contribution in [0, 0.1) is 11.8 Å². The average molecular weight is 429 g/mol. The largest absolute Gasteiger partial charge is 0.492 e. The van der Waals surface area contributed by atoms with Crippen LogP contribution < -0.4 is 14.4 Å². The summed E-state index contributed by atoms with van der Waals surface area (Å²) in [6, 6.07) is 15.3. The van der Waals surface area contributed by atoms with Crippen molar-refractivity contribution in [3.05, 3.63) is 54.6 Å². The lowest BCUT2D eigenvalue weighted by Crippen LogP contribution is -2.46. The molecule has 30 heavy (non-hydrogen) atoms. The van der Waals surface area contributed by atoms with Gasteiger partial charge in [0.05, 0.1) is 17.2 Å². The summed E-state index contributed by atoms with van der Waals surface area (Å²) in [5.74, 6) is 1.38. The van der Waals surface area contributed by atoms with Gasteiger partial charge in [0.25, 0.3) is 10.0 Å². The lowest BCUT2D eigenvalue weighted by Gasteiger charge is -2.28. The summed E-state index contributed by atoms with van der Waals surface area (Å²) in [6.07, 6.45) is 4.56. The van der Waals surface area contributed by atoms with E-state index in [1.54, 1.807) is 54.6 Å². The Morgan fingerprint density at radius 2 is 1.80 bits per heavy atom. The SMILES string of the molecule is CCOc1ccccc1N(CC(=O)N[C@H]1C[C@H]2CC[C@H]1C2)S(=O)(=O)c1ccccc1. The van der Waals surface area contributed by atoms with Crippen LogP contribution in [0.2, 0.25) is 0 Å². The van der Waals surface area contributed by atoms with Crippen molar-refractivity contribution in [3.8, 4) is 5.75 Å². The molecule has 0 saturated heterocycles. The van der Waals surface area contributed by atoms with Crippen molar-refractivity contribution >= 4 is 21.6 Å². The molecule has 2 aliphatic rings. The van der Waals surface area contributed by atoms with Crippen molar-refractivity contribution in [3.63, 3.8) is 0 Å². The minimum absolute atomic E-state index is 0.143. The maximum absolute atomic E-state index is 13.5. The Kier molecular flexibility index (Phi) is 5.99. The standard InChI is InChI=1S/C23H28N2O4S/c1-2-29-22-11-7-6-10-21(22)25(30(27,28)19-8-4-3-5-9-19)16-23(26)24-20-15-17-12-13-18(20)14-17/h3-11,17-18,20H,2,12-16H2,1H3,(H,24,26)/t17-,18-,20-/m0/s1. The monoisotopic (exact) mass is 428 g/mol. The molecule has 4 rings (SSSR count).